The summed E-state index contributed by atoms with van der Waals surface area (Å²) < 4.78 is 38.5. The molecule has 0 spiro atoms. The molecule has 0 saturated carbocycles. The number of rotatable bonds is 11. The van der Waals surface area contributed by atoms with Crippen LogP contribution in [0.15, 0.2) is 47.4 Å². The Balaban J connectivity index is 2.01. The molecule has 1 atom stereocenters. The first kappa shape index (κ1) is 23.8. The number of sulfonamides is 1. The number of nitrogens with one attached hydrogen (secondary N) is 2. The number of carbonyl (C=O) groups excluding carboxylic acids is 1. The molecule has 0 radical (unpaired) electrons. The van der Waals surface area contributed by atoms with Gasteiger partial charge in [-0.05, 0) is 62.7 Å². The van der Waals surface area contributed by atoms with E-state index >= 15 is 0 Å². The minimum Gasteiger partial charge on any atom is -0.494 e. The Hall–Kier alpha value is -2.45. The zero-order valence-electron chi connectivity index (χ0n) is 17.3. The van der Waals surface area contributed by atoms with Gasteiger partial charge in [-0.15, -0.1) is 0 Å². The fourth-order valence-electron chi connectivity index (χ4n) is 2.73. The summed E-state index contributed by atoms with van der Waals surface area (Å²) in [6.07, 6.45) is 1.84. The first-order valence-electron chi connectivity index (χ1n) is 9.72. The molecule has 2 aromatic carbocycles. The second kappa shape index (κ2) is 11.1. The molecule has 0 fully saturated rings. The van der Waals surface area contributed by atoms with Gasteiger partial charge in [0.2, 0.25) is 0 Å². The SMILES string of the molecule is CCC[C@@H](C)NC(=O)COc1ccc(S(=O)(=O)Nc2ccc(OCC)cc2)cc1Cl. The van der Waals surface area contributed by atoms with Gasteiger partial charge in [-0.1, -0.05) is 24.9 Å². The van der Waals surface area contributed by atoms with Crippen LogP contribution in [-0.2, 0) is 14.8 Å². The third kappa shape index (κ3) is 7.11. The van der Waals surface area contributed by atoms with Gasteiger partial charge in [0.15, 0.2) is 6.61 Å². The third-order valence-corrected chi connectivity index (χ3v) is 5.79. The predicted molar refractivity (Wildman–Crippen MR) is 118 cm³/mol. The molecule has 0 aliphatic rings. The van der Waals surface area contributed by atoms with E-state index < -0.39 is 10.0 Å². The van der Waals surface area contributed by atoms with E-state index in [1.54, 1.807) is 24.3 Å². The van der Waals surface area contributed by atoms with Crippen LogP contribution >= 0.6 is 11.6 Å². The molecule has 0 unspecified atom stereocenters. The molecule has 7 nitrogen and oxygen atoms in total. The zero-order chi connectivity index (χ0) is 22.1. The summed E-state index contributed by atoms with van der Waals surface area (Å²) in [5, 5.41) is 2.92. The first-order chi connectivity index (χ1) is 14.2. The average molecular weight is 455 g/mol. The third-order valence-electron chi connectivity index (χ3n) is 4.12. The minimum absolute atomic E-state index is 0.0187. The molecule has 2 rings (SSSR count). The lowest BCUT2D eigenvalue weighted by Gasteiger charge is -2.14. The van der Waals surface area contributed by atoms with Crippen LogP contribution in [0, 0.1) is 0 Å². The molecule has 9 heteroatoms. The van der Waals surface area contributed by atoms with Crippen molar-refractivity contribution in [3.05, 3.63) is 47.5 Å². The van der Waals surface area contributed by atoms with E-state index in [1.807, 2.05) is 20.8 Å². The highest BCUT2D eigenvalue weighted by Gasteiger charge is 2.17. The van der Waals surface area contributed by atoms with Crippen molar-refractivity contribution in [1.82, 2.24) is 5.32 Å². The number of amides is 1. The number of hydrogen-bond donors (Lipinski definition) is 2. The van der Waals surface area contributed by atoms with Gasteiger partial charge in [0.25, 0.3) is 15.9 Å². The number of halogens is 1. The summed E-state index contributed by atoms with van der Waals surface area (Å²) in [5.74, 6) is 0.619. The van der Waals surface area contributed by atoms with Crippen LogP contribution in [-0.4, -0.2) is 33.6 Å². The predicted octanol–water partition coefficient (Wildman–Crippen LogP) is 4.22. The van der Waals surface area contributed by atoms with Gasteiger partial charge in [-0.25, -0.2) is 8.42 Å². The molecule has 0 saturated heterocycles. The standard InChI is InChI=1S/C21H27ClN2O5S/c1-4-6-15(3)23-21(25)14-29-20-12-11-18(13-19(20)22)30(26,27)24-16-7-9-17(10-8-16)28-5-2/h7-13,15,24H,4-6,14H2,1-3H3,(H,23,25)/t15-/m1/s1. The highest BCUT2D eigenvalue weighted by Crippen LogP contribution is 2.28. The Morgan fingerprint density at radius 3 is 2.40 bits per heavy atom. The minimum atomic E-state index is -3.84. The van der Waals surface area contributed by atoms with Crippen molar-refractivity contribution in [2.24, 2.45) is 0 Å². The van der Waals surface area contributed by atoms with E-state index in [9.17, 15) is 13.2 Å². The second-order valence-corrected chi connectivity index (χ2v) is 8.79. The monoisotopic (exact) mass is 454 g/mol. The lowest BCUT2D eigenvalue weighted by Crippen LogP contribution is -2.35. The maximum absolute atomic E-state index is 12.6. The Kier molecular flexibility index (Phi) is 8.80. The molecule has 2 aromatic rings. The fourth-order valence-corrected chi connectivity index (χ4v) is 4.11. The van der Waals surface area contributed by atoms with Crippen LogP contribution in [0.3, 0.4) is 0 Å². The first-order valence-corrected chi connectivity index (χ1v) is 11.6. The summed E-state index contributed by atoms with van der Waals surface area (Å²) in [6.45, 7) is 6.15. The Morgan fingerprint density at radius 2 is 1.80 bits per heavy atom. The lowest BCUT2D eigenvalue weighted by molar-refractivity contribution is -0.123. The number of carbonyl (C=O) groups is 1. The molecule has 0 aliphatic carbocycles. The fraction of sp³-hybridized carbons (Fsp3) is 0.381. The quantitative estimate of drug-likeness (QED) is 0.530. The van der Waals surface area contributed by atoms with Crippen molar-refractivity contribution in [2.75, 3.05) is 17.9 Å². The number of ether oxygens (including phenoxy) is 2. The molecule has 2 N–H and O–H groups in total. The molecule has 164 valence electrons. The van der Waals surface area contributed by atoms with Gasteiger partial charge in [-0.3, -0.25) is 9.52 Å². The van der Waals surface area contributed by atoms with Gasteiger partial charge in [0.05, 0.1) is 16.5 Å². The summed E-state index contributed by atoms with van der Waals surface area (Å²) in [6, 6.07) is 10.7. The molecular weight excluding hydrogens is 428 g/mol. The van der Waals surface area contributed by atoms with Gasteiger partial charge < -0.3 is 14.8 Å². The zero-order valence-corrected chi connectivity index (χ0v) is 18.8. The van der Waals surface area contributed by atoms with Crippen LogP contribution in [0.1, 0.15) is 33.6 Å². The topological polar surface area (TPSA) is 93.7 Å². The normalized spacial score (nSPS) is 12.1. The number of benzene rings is 2. The number of hydrogen-bond acceptors (Lipinski definition) is 5. The molecule has 30 heavy (non-hydrogen) atoms. The Bertz CT molecular complexity index is 948. The van der Waals surface area contributed by atoms with Gasteiger partial charge >= 0.3 is 0 Å². The summed E-state index contributed by atoms with van der Waals surface area (Å²) in [4.78, 5) is 11.9. The summed E-state index contributed by atoms with van der Waals surface area (Å²) >= 11 is 6.17. The van der Waals surface area contributed by atoms with E-state index in [0.29, 0.717) is 18.0 Å². The van der Waals surface area contributed by atoms with E-state index in [0.717, 1.165) is 12.8 Å². The summed E-state index contributed by atoms with van der Waals surface area (Å²) in [7, 11) is -3.84. The highest BCUT2D eigenvalue weighted by atomic mass is 35.5. The largest absolute Gasteiger partial charge is 0.494 e. The van der Waals surface area contributed by atoms with Crippen LogP contribution in [0.25, 0.3) is 0 Å². The van der Waals surface area contributed by atoms with Crippen molar-refractivity contribution in [2.45, 2.75) is 44.6 Å². The number of anilines is 1. The van der Waals surface area contributed by atoms with Gasteiger partial charge in [0, 0.05) is 11.7 Å². The van der Waals surface area contributed by atoms with Crippen molar-refractivity contribution in [1.29, 1.82) is 0 Å². The smallest absolute Gasteiger partial charge is 0.261 e. The molecule has 0 aliphatic heterocycles. The van der Waals surface area contributed by atoms with Crippen molar-refractivity contribution >= 4 is 33.2 Å². The van der Waals surface area contributed by atoms with Crippen molar-refractivity contribution in [3.8, 4) is 11.5 Å². The second-order valence-electron chi connectivity index (χ2n) is 6.70. The van der Waals surface area contributed by atoms with Crippen LogP contribution in [0.4, 0.5) is 5.69 Å². The molecule has 0 heterocycles. The van der Waals surface area contributed by atoms with E-state index in [2.05, 4.69) is 10.0 Å². The Morgan fingerprint density at radius 1 is 1.10 bits per heavy atom. The molecular formula is C21H27ClN2O5S. The van der Waals surface area contributed by atoms with E-state index in [-0.39, 0.29) is 34.2 Å². The van der Waals surface area contributed by atoms with Crippen LogP contribution in [0.2, 0.25) is 5.02 Å². The lowest BCUT2D eigenvalue weighted by atomic mass is 10.2. The Labute approximate surface area is 182 Å². The van der Waals surface area contributed by atoms with E-state index in [4.69, 9.17) is 21.1 Å². The van der Waals surface area contributed by atoms with E-state index in [1.165, 1.54) is 18.2 Å². The van der Waals surface area contributed by atoms with Crippen LogP contribution < -0.4 is 19.5 Å². The average Bonchev–Trinajstić information content (AvgIpc) is 2.68. The van der Waals surface area contributed by atoms with Crippen molar-refractivity contribution < 1.29 is 22.7 Å². The molecule has 0 aromatic heterocycles. The van der Waals surface area contributed by atoms with Crippen LogP contribution in [0.5, 0.6) is 11.5 Å². The summed E-state index contributed by atoms with van der Waals surface area (Å²) in [5.41, 5.74) is 0.396. The van der Waals surface area contributed by atoms with Gasteiger partial charge in [0.1, 0.15) is 11.5 Å². The maximum atomic E-state index is 12.6. The maximum Gasteiger partial charge on any atom is 0.261 e. The van der Waals surface area contributed by atoms with Gasteiger partial charge in [-0.2, -0.15) is 0 Å². The highest BCUT2D eigenvalue weighted by molar-refractivity contribution is 7.92. The van der Waals surface area contributed by atoms with Crippen molar-refractivity contribution in [3.63, 3.8) is 0 Å². The molecule has 0 bridgehead atoms. The molecule has 1 amide bonds.